The highest BCUT2D eigenvalue weighted by Crippen LogP contribution is 2.21. The second-order valence-electron chi connectivity index (χ2n) is 6.92. The van der Waals surface area contributed by atoms with E-state index in [-0.39, 0.29) is 11.2 Å². The average molecular weight is 415 g/mol. The lowest BCUT2D eigenvalue weighted by Crippen LogP contribution is -2.05. The quantitative estimate of drug-likeness (QED) is 0.476. The molecule has 0 N–H and O–H groups in total. The van der Waals surface area contributed by atoms with Gasteiger partial charge in [-0.05, 0) is 47.4 Å². The van der Waals surface area contributed by atoms with Crippen molar-refractivity contribution in [1.29, 1.82) is 0 Å². The van der Waals surface area contributed by atoms with Gasteiger partial charge in [-0.1, -0.05) is 36.3 Å². The van der Waals surface area contributed by atoms with Crippen molar-refractivity contribution >= 4 is 20.8 Å². The lowest BCUT2D eigenvalue weighted by atomic mass is 10.0. The van der Waals surface area contributed by atoms with Crippen LogP contribution in [0.4, 0.5) is 0 Å². The number of sulfone groups is 1. The van der Waals surface area contributed by atoms with Crippen molar-refractivity contribution in [2.45, 2.75) is 5.75 Å². The molecule has 2 aromatic heterocycles. The molecule has 0 unspecified atom stereocenters. The maximum absolute atomic E-state index is 12.9. The number of aromatic nitrogens is 1. The SMILES string of the molecule is CS(=O)(=O)Cc1ccc(-c2coc3cc(C#Cc4ccccn4)ccc3c2=O)cc1. The van der Waals surface area contributed by atoms with Gasteiger partial charge in [0.05, 0.1) is 16.7 Å². The fourth-order valence-electron chi connectivity index (χ4n) is 3.06. The van der Waals surface area contributed by atoms with Gasteiger partial charge in [0, 0.05) is 18.0 Å². The van der Waals surface area contributed by atoms with Crippen molar-refractivity contribution in [2.75, 3.05) is 6.26 Å². The van der Waals surface area contributed by atoms with Crippen LogP contribution >= 0.6 is 0 Å². The summed E-state index contributed by atoms with van der Waals surface area (Å²) in [6.45, 7) is 0. The van der Waals surface area contributed by atoms with E-state index in [1.165, 1.54) is 12.5 Å². The fraction of sp³-hybridized carbons (Fsp3) is 0.0833. The van der Waals surface area contributed by atoms with Crippen molar-refractivity contribution in [3.63, 3.8) is 0 Å². The first-order valence-electron chi connectivity index (χ1n) is 9.15. The van der Waals surface area contributed by atoms with E-state index in [1.54, 1.807) is 48.7 Å². The van der Waals surface area contributed by atoms with Gasteiger partial charge < -0.3 is 4.42 Å². The number of hydrogen-bond acceptors (Lipinski definition) is 5. The highest BCUT2D eigenvalue weighted by atomic mass is 32.2. The van der Waals surface area contributed by atoms with Crippen LogP contribution in [0.1, 0.15) is 16.8 Å². The molecule has 0 aliphatic carbocycles. The monoisotopic (exact) mass is 415 g/mol. The molecule has 0 atom stereocenters. The molecule has 0 aliphatic heterocycles. The number of nitrogens with zero attached hydrogens (tertiary/aromatic N) is 1. The zero-order chi connectivity index (χ0) is 21.1. The molecule has 5 nitrogen and oxygen atoms in total. The Balaban J connectivity index is 1.66. The van der Waals surface area contributed by atoms with Crippen LogP contribution in [0, 0.1) is 11.8 Å². The van der Waals surface area contributed by atoms with Gasteiger partial charge in [0.25, 0.3) is 0 Å². The first-order chi connectivity index (χ1) is 14.4. The molecular formula is C24H17NO4S. The molecule has 0 aliphatic rings. The molecule has 148 valence electrons. The third-order valence-electron chi connectivity index (χ3n) is 4.47. The highest BCUT2D eigenvalue weighted by molar-refractivity contribution is 7.89. The first kappa shape index (κ1) is 19.6. The van der Waals surface area contributed by atoms with Crippen LogP contribution in [0.2, 0.25) is 0 Å². The zero-order valence-electron chi connectivity index (χ0n) is 16.1. The second kappa shape index (κ2) is 7.97. The maximum Gasteiger partial charge on any atom is 0.200 e. The maximum atomic E-state index is 12.9. The minimum atomic E-state index is -3.11. The molecule has 0 saturated carbocycles. The van der Waals surface area contributed by atoms with E-state index >= 15 is 0 Å². The molecule has 0 amide bonds. The van der Waals surface area contributed by atoms with Gasteiger partial charge in [-0.2, -0.15) is 0 Å². The lowest BCUT2D eigenvalue weighted by Gasteiger charge is -2.05. The Hall–Kier alpha value is -3.69. The molecule has 30 heavy (non-hydrogen) atoms. The Morgan fingerprint density at radius 3 is 2.50 bits per heavy atom. The fourth-order valence-corrected chi connectivity index (χ4v) is 3.86. The van der Waals surface area contributed by atoms with E-state index in [0.29, 0.717) is 38.9 Å². The van der Waals surface area contributed by atoms with E-state index in [2.05, 4.69) is 16.8 Å². The van der Waals surface area contributed by atoms with Crippen molar-refractivity contribution in [3.05, 3.63) is 100 Å². The molecular weight excluding hydrogens is 398 g/mol. The summed E-state index contributed by atoms with van der Waals surface area (Å²) < 4.78 is 28.6. The number of benzene rings is 2. The van der Waals surface area contributed by atoms with Crippen LogP contribution in [0.25, 0.3) is 22.1 Å². The summed E-state index contributed by atoms with van der Waals surface area (Å²) in [5, 5.41) is 0.455. The highest BCUT2D eigenvalue weighted by Gasteiger charge is 2.11. The third kappa shape index (κ3) is 4.48. The van der Waals surface area contributed by atoms with Gasteiger partial charge in [-0.15, -0.1) is 0 Å². The molecule has 4 rings (SSSR count). The molecule has 0 fully saturated rings. The Kier molecular flexibility index (Phi) is 5.21. The number of hydrogen-bond donors (Lipinski definition) is 0. The summed E-state index contributed by atoms with van der Waals surface area (Å²) in [6, 6.07) is 17.6. The largest absolute Gasteiger partial charge is 0.463 e. The lowest BCUT2D eigenvalue weighted by molar-refractivity contribution is 0.601. The van der Waals surface area contributed by atoms with E-state index in [4.69, 9.17) is 4.42 Å². The summed E-state index contributed by atoms with van der Waals surface area (Å²) in [4.78, 5) is 17.1. The molecule has 0 bridgehead atoms. The average Bonchev–Trinajstić information content (AvgIpc) is 2.73. The Bertz CT molecular complexity index is 1440. The molecule has 2 aromatic carbocycles. The molecule has 0 saturated heterocycles. The molecule has 6 heteroatoms. The van der Waals surface area contributed by atoms with Crippen molar-refractivity contribution in [3.8, 4) is 23.0 Å². The predicted molar refractivity (Wildman–Crippen MR) is 117 cm³/mol. The first-order valence-corrected chi connectivity index (χ1v) is 11.2. The number of fused-ring (bicyclic) bond motifs is 1. The topological polar surface area (TPSA) is 77.2 Å². The van der Waals surface area contributed by atoms with Crippen molar-refractivity contribution < 1.29 is 12.8 Å². The smallest absolute Gasteiger partial charge is 0.200 e. The van der Waals surface area contributed by atoms with Gasteiger partial charge in [-0.3, -0.25) is 4.79 Å². The van der Waals surface area contributed by atoms with Crippen LogP contribution in [-0.4, -0.2) is 19.7 Å². The van der Waals surface area contributed by atoms with Gasteiger partial charge in [0.2, 0.25) is 0 Å². The van der Waals surface area contributed by atoms with Gasteiger partial charge in [-0.25, -0.2) is 13.4 Å². The van der Waals surface area contributed by atoms with Crippen LogP contribution in [-0.2, 0) is 15.6 Å². The normalized spacial score (nSPS) is 11.1. The summed E-state index contributed by atoms with van der Waals surface area (Å²) >= 11 is 0. The molecule has 0 spiro atoms. The molecule has 2 heterocycles. The van der Waals surface area contributed by atoms with Gasteiger partial charge >= 0.3 is 0 Å². The van der Waals surface area contributed by atoms with Crippen molar-refractivity contribution in [2.24, 2.45) is 0 Å². The third-order valence-corrected chi connectivity index (χ3v) is 5.33. The van der Waals surface area contributed by atoms with Crippen LogP contribution in [0.5, 0.6) is 0 Å². The summed E-state index contributed by atoms with van der Waals surface area (Å²) in [5.74, 6) is 5.96. The van der Waals surface area contributed by atoms with E-state index in [0.717, 1.165) is 0 Å². The van der Waals surface area contributed by atoms with E-state index in [9.17, 15) is 13.2 Å². The minimum Gasteiger partial charge on any atom is -0.463 e. The van der Waals surface area contributed by atoms with Gasteiger partial charge in [0.1, 0.15) is 17.5 Å². The van der Waals surface area contributed by atoms with Gasteiger partial charge in [0.15, 0.2) is 15.3 Å². The van der Waals surface area contributed by atoms with Crippen LogP contribution in [0.3, 0.4) is 0 Å². The van der Waals surface area contributed by atoms with Crippen LogP contribution in [0.15, 0.2) is 82.3 Å². The Labute approximate surface area is 173 Å². The molecule has 0 radical (unpaired) electrons. The Morgan fingerprint density at radius 2 is 1.80 bits per heavy atom. The summed E-state index contributed by atoms with van der Waals surface area (Å²) in [7, 11) is -3.11. The van der Waals surface area contributed by atoms with E-state index in [1.807, 2.05) is 18.2 Å². The zero-order valence-corrected chi connectivity index (χ0v) is 16.9. The second-order valence-corrected chi connectivity index (χ2v) is 9.06. The predicted octanol–water partition coefficient (Wildman–Crippen LogP) is 3.80. The molecule has 4 aromatic rings. The van der Waals surface area contributed by atoms with Crippen molar-refractivity contribution in [1.82, 2.24) is 4.98 Å². The number of pyridine rings is 1. The number of rotatable bonds is 3. The summed E-state index contributed by atoms with van der Waals surface area (Å²) in [6.07, 6.45) is 4.29. The Morgan fingerprint density at radius 1 is 1.00 bits per heavy atom. The standard InChI is InChI=1S/C24H17NO4S/c1-30(27,28)16-18-5-9-19(10-6-18)22-15-29-23-14-17(8-12-21(23)24(22)26)7-11-20-4-2-3-13-25-20/h2-6,8-10,12-15H,16H2,1H3. The summed E-state index contributed by atoms with van der Waals surface area (Å²) in [5.41, 5.74) is 3.43. The van der Waals surface area contributed by atoms with Crippen LogP contribution < -0.4 is 5.43 Å². The minimum absolute atomic E-state index is 0.0398. The van der Waals surface area contributed by atoms with E-state index < -0.39 is 9.84 Å².